The van der Waals surface area contributed by atoms with Crippen LogP contribution in [0.1, 0.15) is 51.9 Å². The van der Waals surface area contributed by atoms with E-state index in [2.05, 4.69) is 0 Å². The molecule has 0 aromatic carbocycles. The molecule has 0 bridgehead atoms. The van der Waals surface area contributed by atoms with Gasteiger partial charge < -0.3 is 9.84 Å². The first kappa shape index (κ1) is 12.5. The van der Waals surface area contributed by atoms with Crippen molar-refractivity contribution in [3.63, 3.8) is 0 Å². The molecule has 15 heavy (non-hydrogen) atoms. The van der Waals surface area contributed by atoms with Crippen molar-refractivity contribution >= 4 is 5.97 Å². The van der Waals surface area contributed by atoms with Crippen molar-refractivity contribution in [2.24, 2.45) is 5.92 Å². The second-order valence-corrected chi connectivity index (χ2v) is 4.50. The van der Waals surface area contributed by atoms with E-state index < -0.39 is 5.60 Å². The van der Waals surface area contributed by atoms with Gasteiger partial charge in [-0.2, -0.15) is 0 Å². The number of methoxy groups -OCH3 is 1. The Morgan fingerprint density at radius 3 is 2.27 bits per heavy atom. The molecule has 3 heteroatoms. The van der Waals surface area contributed by atoms with E-state index in [4.69, 9.17) is 4.74 Å². The van der Waals surface area contributed by atoms with Crippen molar-refractivity contribution in [2.75, 3.05) is 7.11 Å². The quantitative estimate of drug-likeness (QED) is 0.579. The van der Waals surface area contributed by atoms with Crippen LogP contribution in [-0.2, 0) is 9.53 Å². The molecule has 1 atom stereocenters. The van der Waals surface area contributed by atoms with Gasteiger partial charge in [-0.25, -0.2) is 0 Å². The predicted molar refractivity (Wildman–Crippen MR) is 58.4 cm³/mol. The summed E-state index contributed by atoms with van der Waals surface area (Å²) >= 11 is 0. The molecule has 0 aromatic heterocycles. The SMILES string of the molecule is CCC(C(=O)OC)C1(O)CCCCCC1. The van der Waals surface area contributed by atoms with Crippen LogP contribution in [0.4, 0.5) is 0 Å². The molecule has 1 saturated carbocycles. The monoisotopic (exact) mass is 214 g/mol. The van der Waals surface area contributed by atoms with E-state index in [0.717, 1.165) is 25.7 Å². The second kappa shape index (κ2) is 5.50. The zero-order valence-electron chi connectivity index (χ0n) is 9.79. The summed E-state index contributed by atoms with van der Waals surface area (Å²) in [5.74, 6) is -0.609. The molecule has 1 aliphatic rings. The normalized spacial score (nSPS) is 22.9. The van der Waals surface area contributed by atoms with E-state index in [1.807, 2.05) is 6.92 Å². The van der Waals surface area contributed by atoms with Gasteiger partial charge in [0.15, 0.2) is 0 Å². The van der Waals surface area contributed by atoms with Gasteiger partial charge >= 0.3 is 5.97 Å². The number of aliphatic hydroxyl groups is 1. The van der Waals surface area contributed by atoms with Crippen LogP contribution in [0.3, 0.4) is 0 Å². The van der Waals surface area contributed by atoms with Crippen LogP contribution in [0.25, 0.3) is 0 Å². The van der Waals surface area contributed by atoms with Gasteiger partial charge in [-0.1, -0.05) is 32.6 Å². The number of hydrogen-bond acceptors (Lipinski definition) is 3. The Labute approximate surface area is 91.8 Å². The van der Waals surface area contributed by atoms with Crippen LogP contribution < -0.4 is 0 Å². The standard InChI is InChI=1S/C12H22O3/c1-3-10(11(13)15-2)12(14)8-6-4-5-7-9-12/h10,14H,3-9H2,1-2H3. The molecule has 88 valence electrons. The molecule has 3 nitrogen and oxygen atoms in total. The number of rotatable bonds is 3. The molecule has 1 fully saturated rings. The van der Waals surface area contributed by atoms with Crippen LogP contribution in [0.5, 0.6) is 0 Å². The molecule has 1 unspecified atom stereocenters. The summed E-state index contributed by atoms with van der Waals surface area (Å²) in [6, 6.07) is 0. The molecule has 0 heterocycles. The lowest BCUT2D eigenvalue weighted by molar-refractivity contribution is -0.157. The lowest BCUT2D eigenvalue weighted by Crippen LogP contribution is -2.42. The largest absolute Gasteiger partial charge is 0.469 e. The maximum absolute atomic E-state index is 11.6. The Morgan fingerprint density at radius 2 is 1.87 bits per heavy atom. The molecule has 1 aliphatic carbocycles. The number of ether oxygens (including phenoxy) is 1. The molecule has 1 N–H and O–H groups in total. The summed E-state index contributed by atoms with van der Waals surface area (Å²) in [4.78, 5) is 11.6. The number of carbonyl (C=O) groups is 1. The minimum absolute atomic E-state index is 0.262. The number of hydrogen-bond donors (Lipinski definition) is 1. The molecule has 0 aromatic rings. The Morgan fingerprint density at radius 1 is 1.33 bits per heavy atom. The number of esters is 1. The molecule has 0 spiro atoms. The van der Waals surface area contributed by atoms with E-state index >= 15 is 0 Å². The van der Waals surface area contributed by atoms with Gasteiger partial charge in [0.2, 0.25) is 0 Å². The highest BCUT2D eigenvalue weighted by Gasteiger charge is 2.40. The Balaban J connectivity index is 2.74. The van der Waals surface area contributed by atoms with E-state index in [0.29, 0.717) is 6.42 Å². The average molecular weight is 214 g/mol. The lowest BCUT2D eigenvalue weighted by Gasteiger charge is -2.33. The summed E-state index contributed by atoms with van der Waals surface area (Å²) in [5.41, 5.74) is -0.821. The molecule has 0 radical (unpaired) electrons. The van der Waals surface area contributed by atoms with Crippen LogP contribution in [0, 0.1) is 5.92 Å². The summed E-state index contributed by atoms with van der Waals surface area (Å²) in [6.45, 7) is 1.93. The van der Waals surface area contributed by atoms with Crippen molar-refractivity contribution in [1.29, 1.82) is 0 Å². The maximum atomic E-state index is 11.6. The van der Waals surface area contributed by atoms with Crippen LogP contribution in [-0.4, -0.2) is 23.8 Å². The van der Waals surface area contributed by atoms with Crippen molar-refractivity contribution in [1.82, 2.24) is 0 Å². The molecular formula is C12H22O3. The summed E-state index contributed by atoms with van der Waals surface area (Å²) in [7, 11) is 1.39. The first-order valence-corrected chi connectivity index (χ1v) is 5.94. The third-order valence-electron chi connectivity index (χ3n) is 3.51. The van der Waals surface area contributed by atoms with Gasteiger partial charge in [0.05, 0.1) is 18.6 Å². The Kier molecular flexibility index (Phi) is 4.58. The fraction of sp³-hybridized carbons (Fsp3) is 0.917. The van der Waals surface area contributed by atoms with Crippen molar-refractivity contribution in [2.45, 2.75) is 57.5 Å². The lowest BCUT2D eigenvalue weighted by atomic mass is 9.79. The zero-order valence-corrected chi connectivity index (χ0v) is 9.79. The van der Waals surface area contributed by atoms with Gasteiger partial charge in [0, 0.05) is 0 Å². The predicted octanol–water partition coefficient (Wildman–Crippen LogP) is 2.27. The molecule has 0 saturated heterocycles. The van der Waals surface area contributed by atoms with Crippen molar-refractivity contribution in [3.8, 4) is 0 Å². The third-order valence-corrected chi connectivity index (χ3v) is 3.51. The third kappa shape index (κ3) is 2.94. The van der Waals surface area contributed by atoms with Gasteiger partial charge in [0.25, 0.3) is 0 Å². The van der Waals surface area contributed by atoms with Gasteiger partial charge in [0.1, 0.15) is 0 Å². The topological polar surface area (TPSA) is 46.5 Å². The average Bonchev–Trinajstić information content (AvgIpc) is 2.44. The first-order chi connectivity index (χ1) is 7.14. The first-order valence-electron chi connectivity index (χ1n) is 5.94. The molecule has 0 aliphatic heterocycles. The summed E-state index contributed by atoms with van der Waals surface area (Å²) in [5, 5.41) is 10.5. The van der Waals surface area contributed by atoms with Gasteiger partial charge in [-0.3, -0.25) is 4.79 Å². The van der Waals surface area contributed by atoms with E-state index in [9.17, 15) is 9.90 Å². The maximum Gasteiger partial charge on any atom is 0.311 e. The minimum Gasteiger partial charge on any atom is -0.469 e. The minimum atomic E-state index is -0.821. The molecule has 0 amide bonds. The molecule has 1 rings (SSSR count). The van der Waals surface area contributed by atoms with Crippen LogP contribution >= 0.6 is 0 Å². The Bertz CT molecular complexity index is 205. The van der Waals surface area contributed by atoms with Crippen LogP contribution in [0.15, 0.2) is 0 Å². The summed E-state index contributed by atoms with van der Waals surface area (Å²) in [6.07, 6.45) is 6.50. The van der Waals surface area contributed by atoms with Gasteiger partial charge in [-0.05, 0) is 19.3 Å². The van der Waals surface area contributed by atoms with Gasteiger partial charge in [-0.15, -0.1) is 0 Å². The smallest absolute Gasteiger partial charge is 0.311 e. The Hall–Kier alpha value is -0.570. The zero-order chi connectivity index (χ0) is 11.3. The molecular weight excluding hydrogens is 192 g/mol. The van der Waals surface area contributed by atoms with Crippen molar-refractivity contribution in [3.05, 3.63) is 0 Å². The van der Waals surface area contributed by atoms with Crippen LogP contribution in [0.2, 0.25) is 0 Å². The highest BCUT2D eigenvalue weighted by Crippen LogP contribution is 2.35. The van der Waals surface area contributed by atoms with E-state index in [1.165, 1.54) is 20.0 Å². The fourth-order valence-corrected chi connectivity index (χ4v) is 2.60. The van der Waals surface area contributed by atoms with Crippen molar-refractivity contribution < 1.29 is 14.6 Å². The number of carbonyl (C=O) groups excluding carboxylic acids is 1. The van der Waals surface area contributed by atoms with E-state index in [1.54, 1.807) is 0 Å². The second-order valence-electron chi connectivity index (χ2n) is 4.50. The summed E-state index contributed by atoms with van der Waals surface area (Å²) < 4.78 is 4.76. The highest BCUT2D eigenvalue weighted by atomic mass is 16.5. The highest BCUT2D eigenvalue weighted by molar-refractivity contribution is 5.73. The van der Waals surface area contributed by atoms with E-state index in [-0.39, 0.29) is 11.9 Å². The fourth-order valence-electron chi connectivity index (χ4n) is 2.60.